The Hall–Kier alpha value is -4.65. The second-order valence-electron chi connectivity index (χ2n) is 7.55. The summed E-state index contributed by atoms with van der Waals surface area (Å²) in [4.78, 5) is 39.2. The fourth-order valence-electron chi connectivity index (χ4n) is 3.92. The van der Waals surface area contributed by atoms with Gasteiger partial charge in [0.2, 0.25) is 0 Å². The number of amides is 1. The Morgan fingerprint density at radius 2 is 1.68 bits per heavy atom. The van der Waals surface area contributed by atoms with Crippen LogP contribution in [0.1, 0.15) is 27.5 Å². The molecule has 170 valence electrons. The Balaban J connectivity index is 1.85. The highest BCUT2D eigenvalue weighted by molar-refractivity contribution is 6.20. The van der Waals surface area contributed by atoms with E-state index in [0.717, 1.165) is 5.56 Å². The second-order valence-corrected chi connectivity index (χ2v) is 7.55. The number of ether oxygens (including phenoxy) is 1. The summed E-state index contributed by atoms with van der Waals surface area (Å²) in [5.74, 6) is -2.81. The summed E-state index contributed by atoms with van der Waals surface area (Å²) in [6.07, 6.45) is 2.90. The smallest absolute Gasteiger partial charge is 0.335 e. The first-order chi connectivity index (χ1) is 16.4. The highest BCUT2D eigenvalue weighted by Gasteiger charge is 2.45. The quantitative estimate of drug-likeness (QED) is 0.506. The first kappa shape index (κ1) is 22.5. The number of nitrogens with zero attached hydrogens (tertiary/aromatic N) is 1. The number of carbonyl (C=O) groups excluding carboxylic acids is 2. The van der Waals surface area contributed by atoms with Gasteiger partial charge in [0.05, 0.1) is 24.3 Å². The van der Waals surface area contributed by atoms with Gasteiger partial charge in [-0.25, -0.2) is 4.79 Å². The van der Waals surface area contributed by atoms with Gasteiger partial charge in [-0.2, -0.15) is 0 Å². The van der Waals surface area contributed by atoms with Gasteiger partial charge in [0, 0.05) is 11.3 Å². The van der Waals surface area contributed by atoms with E-state index in [1.807, 2.05) is 30.3 Å². The van der Waals surface area contributed by atoms with Crippen LogP contribution in [-0.4, -0.2) is 35.0 Å². The third-order valence-corrected chi connectivity index (χ3v) is 5.51. The number of carboxylic acids is 1. The molecule has 7 heteroatoms. The van der Waals surface area contributed by atoms with Crippen molar-refractivity contribution < 1.29 is 29.3 Å². The van der Waals surface area contributed by atoms with Crippen molar-refractivity contribution in [2.75, 3.05) is 12.0 Å². The second kappa shape index (κ2) is 9.46. The van der Waals surface area contributed by atoms with Gasteiger partial charge in [-0.15, -0.1) is 0 Å². The number of aliphatic hydroxyl groups excluding tert-OH is 1. The number of anilines is 1. The number of carbonyl (C=O) groups is 3. The number of methoxy groups -OCH3 is 1. The van der Waals surface area contributed by atoms with Crippen molar-refractivity contribution in [3.05, 3.63) is 113 Å². The minimum atomic E-state index is -1.17. The summed E-state index contributed by atoms with van der Waals surface area (Å²) in [6.45, 7) is 0. The lowest BCUT2D eigenvalue weighted by molar-refractivity contribution is -0.117. The molecule has 7 nitrogen and oxygen atoms in total. The maximum atomic E-state index is 13.3. The average molecular weight is 455 g/mol. The highest BCUT2D eigenvalue weighted by Crippen LogP contribution is 2.44. The van der Waals surface area contributed by atoms with Crippen LogP contribution in [0.5, 0.6) is 5.75 Å². The summed E-state index contributed by atoms with van der Waals surface area (Å²) in [5, 5.41) is 20.2. The predicted octanol–water partition coefficient (Wildman–Crippen LogP) is 4.58. The van der Waals surface area contributed by atoms with Crippen molar-refractivity contribution in [3.63, 3.8) is 0 Å². The topological polar surface area (TPSA) is 104 Å². The van der Waals surface area contributed by atoms with E-state index >= 15 is 0 Å². The molecule has 1 atom stereocenters. The Morgan fingerprint density at radius 1 is 0.971 bits per heavy atom. The molecule has 0 spiro atoms. The number of allylic oxidation sites excluding steroid dienone is 1. The zero-order valence-electron chi connectivity index (χ0n) is 18.2. The summed E-state index contributed by atoms with van der Waals surface area (Å²) in [6, 6.07) is 20.7. The maximum absolute atomic E-state index is 13.3. The normalized spacial score (nSPS) is 15.7. The van der Waals surface area contributed by atoms with Crippen LogP contribution in [0.4, 0.5) is 5.69 Å². The molecular formula is C27H21NO6. The molecule has 0 radical (unpaired) electrons. The molecule has 0 aromatic heterocycles. The third kappa shape index (κ3) is 4.19. The number of para-hydroxylation sites is 1. The zero-order valence-corrected chi connectivity index (χ0v) is 18.2. The minimum absolute atomic E-state index is 0.0349. The number of ketones is 1. The van der Waals surface area contributed by atoms with Gasteiger partial charge in [-0.1, -0.05) is 60.7 Å². The van der Waals surface area contributed by atoms with Crippen LogP contribution < -0.4 is 9.64 Å². The minimum Gasteiger partial charge on any atom is -0.503 e. The van der Waals surface area contributed by atoms with Gasteiger partial charge in [0.1, 0.15) is 5.75 Å². The van der Waals surface area contributed by atoms with Crippen LogP contribution in [0.2, 0.25) is 0 Å². The van der Waals surface area contributed by atoms with E-state index in [9.17, 15) is 24.6 Å². The number of hydrogen-bond donors (Lipinski definition) is 2. The van der Waals surface area contributed by atoms with Crippen LogP contribution in [-0.2, 0) is 9.59 Å². The monoisotopic (exact) mass is 455 g/mol. The summed E-state index contributed by atoms with van der Waals surface area (Å²) < 4.78 is 5.47. The summed E-state index contributed by atoms with van der Waals surface area (Å²) >= 11 is 0. The third-order valence-electron chi connectivity index (χ3n) is 5.51. The fourth-order valence-corrected chi connectivity index (χ4v) is 3.92. The molecule has 0 aliphatic carbocycles. The molecule has 1 aliphatic heterocycles. The van der Waals surface area contributed by atoms with Crippen molar-refractivity contribution in [1.29, 1.82) is 0 Å². The zero-order chi connectivity index (χ0) is 24.2. The van der Waals surface area contributed by atoms with E-state index in [1.54, 1.807) is 36.4 Å². The largest absolute Gasteiger partial charge is 0.503 e. The van der Waals surface area contributed by atoms with Crippen LogP contribution in [0, 0.1) is 0 Å². The number of aliphatic hydroxyl groups is 1. The molecule has 2 N–H and O–H groups in total. The standard InChI is InChI=1S/C27H21NO6/c1-34-22-13-6-5-12-20(22)24-23(21(29)15-14-17-8-3-2-4-9-17)25(30)26(31)28(24)19-11-7-10-18(16-19)27(32)33/h2-16,24,30H,1H3,(H,32,33)/b15-14+/t24-/m1/s1. The summed E-state index contributed by atoms with van der Waals surface area (Å²) in [7, 11) is 1.46. The molecule has 3 aromatic rings. The first-order valence-electron chi connectivity index (χ1n) is 10.4. The van der Waals surface area contributed by atoms with Crippen molar-refractivity contribution >= 4 is 29.4 Å². The van der Waals surface area contributed by atoms with E-state index in [-0.39, 0.29) is 16.8 Å². The van der Waals surface area contributed by atoms with E-state index in [0.29, 0.717) is 11.3 Å². The molecule has 1 heterocycles. The van der Waals surface area contributed by atoms with Crippen molar-refractivity contribution in [2.45, 2.75) is 6.04 Å². The van der Waals surface area contributed by atoms with Gasteiger partial charge in [0.15, 0.2) is 11.5 Å². The van der Waals surface area contributed by atoms with Crippen molar-refractivity contribution in [1.82, 2.24) is 0 Å². The molecule has 0 unspecified atom stereocenters. The Kier molecular flexibility index (Phi) is 6.27. The van der Waals surface area contributed by atoms with E-state index in [2.05, 4.69) is 0 Å². The average Bonchev–Trinajstić information content (AvgIpc) is 3.13. The van der Waals surface area contributed by atoms with E-state index in [4.69, 9.17) is 4.74 Å². The van der Waals surface area contributed by atoms with Crippen LogP contribution >= 0.6 is 0 Å². The summed E-state index contributed by atoms with van der Waals surface area (Å²) in [5.41, 5.74) is 1.32. The number of benzene rings is 3. The van der Waals surface area contributed by atoms with Crippen LogP contribution in [0.25, 0.3) is 6.08 Å². The van der Waals surface area contributed by atoms with Gasteiger partial charge in [-0.05, 0) is 35.9 Å². The molecule has 0 fully saturated rings. The molecule has 1 amide bonds. The number of aromatic carboxylic acids is 1. The van der Waals surface area contributed by atoms with Gasteiger partial charge >= 0.3 is 5.97 Å². The molecule has 1 aliphatic rings. The first-order valence-corrected chi connectivity index (χ1v) is 10.4. The fraction of sp³-hybridized carbons (Fsp3) is 0.0741. The molecule has 34 heavy (non-hydrogen) atoms. The van der Waals surface area contributed by atoms with E-state index in [1.165, 1.54) is 36.3 Å². The lowest BCUT2D eigenvalue weighted by atomic mass is 9.94. The van der Waals surface area contributed by atoms with Gasteiger partial charge in [-0.3, -0.25) is 14.5 Å². The van der Waals surface area contributed by atoms with Gasteiger partial charge < -0.3 is 14.9 Å². The Labute approximate surface area is 195 Å². The van der Waals surface area contributed by atoms with E-state index < -0.39 is 29.5 Å². The van der Waals surface area contributed by atoms with Crippen molar-refractivity contribution in [2.24, 2.45) is 0 Å². The molecule has 0 saturated heterocycles. The molecular weight excluding hydrogens is 434 g/mol. The van der Waals surface area contributed by atoms with Crippen LogP contribution in [0.3, 0.4) is 0 Å². The van der Waals surface area contributed by atoms with Crippen LogP contribution in [0.15, 0.2) is 96.3 Å². The maximum Gasteiger partial charge on any atom is 0.335 e. The molecule has 3 aromatic carbocycles. The molecule has 4 rings (SSSR count). The number of hydrogen-bond acceptors (Lipinski definition) is 5. The lowest BCUT2D eigenvalue weighted by Crippen LogP contribution is -2.31. The number of carboxylic acid groups (broad SMARTS) is 1. The molecule has 0 bridgehead atoms. The lowest BCUT2D eigenvalue weighted by Gasteiger charge is -2.28. The highest BCUT2D eigenvalue weighted by atomic mass is 16.5. The number of rotatable bonds is 7. The predicted molar refractivity (Wildman–Crippen MR) is 127 cm³/mol. The Bertz CT molecular complexity index is 1330. The van der Waals surface area contributed by atoms with Gasteiger partial charge in [0.25, 0.3) is 5.91 Å². The Morgan fingerprint density at radius 3 is 2.38 bits per heavy atom. The molecule has 0 saturated carbocycles. The van der Waals surface area contributed by atoms with Crippen molar-refractivity contribution in [3.8, 4) is 5.75 Å². The SMILES string of the molecule is COc1ccccc1[C@@H]1C(C(=O)/C=C/c2ccccc2)=C(O)C(=O)N1c1cccc(C(=O)O)c1.